The minimum absolute atomic E-state index is 0.327. The quantitative estimate of drug-likeness (QED) is 0.886. The van der Waals surface area contributed by atoms with Crippen molar-refractivity contribution in [3.05, 3.63) is 11.7 Å². The van der Waals surface area contributed by atoms with Gasteiger partial charge in [-0.2, -0.15) is 4.98 Å². The number of fused-ring (bicyclic) bond motifs is 2. The zero-order chi connectivity index (χ0) is 13.4. The number of rotatable bonds is 3. The highest BCUT2D eigenvalue weighted by atomic mass is 16.5. The average molecular weight is 278 g/mol. The van der Waals surface area contributed by atoms with E-state index in [1.165, 1.54) is 12.8 Å². The Kier molecular flexibility index (Phi) is 3.45. The SMILES string of the molecule is C1CNCCN(Cc2nc(C3CC4CCC3O4)no2)C1. The van der Waals surface area contributed by atoms with Gasteiger partial charge in [0.25, 0.3) is 0 Å². The number of nitrogens with zero attached hydrogens (tertiary/aromatic N) is 3. The first-order valence-electron chi connectivity index (χ1n) is 7.79. The van der Waals surface area contributed by atoms with E-state index in [4.69, 9.17) is 9.26 Å². The second-order valence-corrected chi connectivity index (χ2v) is 6.14. The van der Waals surface area contributed by atoms with Crippen LogP contribution in [0.1, 0.15) is 43.3 Å². The van der Waals surface area contributed by atoms with E-state index in [1.54, 1.807) is 0 Å². The van der Waals surface area contributed by atoms with Crippen LogP contribution >= 0.6 is 0 Å². The molecule has 6 heteroatoms. The van der Waals surface area contributed by atoms with Crippen LogP contribution in [0.2, 0.25) is 0 Å². The molecule has 3 saturated heterocycles. The van der Waals surface area contributed by atoms with Crippen LogP contribution in [0.25, 0.3) is 0 Å². The van der Waals surface area contributed by atoms with E-state index >= 15 is 0 Å². The third kappa shape index (κ3) is 2.47. The lowest BCUT2D eigenvalue weighted by Gasteiger charge is -2.16. The molecule has 2 bridgehead atoms. The van der Waals surface area contributed by atoms with Gasteiger partial charge in [0.15, 0.2) is 5.82 Å². The Labute approximate surface area is 118 Å². The lowest BCUT2D eigenvalue weighted by molar-refractivity contribution is 0.0996. The van der Waals surface area contributed by atoms with Gasteiger partial charge in [-0.05, 0) is 38.8 Å². The highest BCUT2D eigenvalue weighted by molar-refractivity contribution is 5.06. The van der Waals surface area contributed by atoms with Gasteiger partial charge in [0.1, 0.15) is 0 Å². The highest BCUT2D eigenvalue weighted by Gasteiger charge is 2.43. The summed E-state index contributed by atoms with van der Waals surface area (Å²) < 4.78 is 11.3. The zero-order valence-corrected chi connectivity index (χ0v) is 11.8. The average Bonchev–Trinajstić information content (AvgIpc) is 3.13. The number of hydrogen-bond acceptors (Lipinski definition) is 6. The van der Waals surface area contributed by atoms with Crippen molar-refractivity contribution in [2.24, 2.45) is 0 Å². The molecule has 3 fully saturated rings. The van der Waals surface area contributed by atoms with E-state index < -0.39 is 0 Å². The summed E-state index contributed by atoms with van der Waals surface area (Å²) in [6.45, 7) is 5.07. The van der Waals surface area contributed by atoms with Crippen LogP contribution in [0.4, 0.5) is 0 Å². The topological polar surface area (TPSA) is 63.4 Å². The molecule has 3 aliphatic rings. The van der Waals surface area contributed by atoms with Crippen LogP contribution in [-0.2, 0) is 11.3 Å². The van der Waals surface area contributed by atoms with Crippen LogP contribution in [0.15, 0.2) is 4.52 Å². The van der Waals surface area contributed by atoms with Crippen molar-refractivity contribution >= 4 is 0 Å². The van der Waals surface area contributed by atoms with Crippen LogP contribution in [0, 0.1) is 0 Å². The van der Waals surface area contributed by atoms with Gasteiger partial charge in [-0.15, -0.1) is 0 Å². The molecule has 0 spiro atoms. The monoisotopic (exact) mass is 278 g/mol. The van der Waals surface area contributed by atoms with Crippen molar-refractivity contribution < 1.29 is 9.26 Å². The van der Waals surface area contributed by atoms with Crippen molar-refractivity contribution in [3.8, 4) is 0 Å². The van der Waals surface area contributed by atoms with Crippen molar-refractivity contribution in [2.45, 2.75) is 50.4 Å². The molecule has 1 N–H and O–H groups in total. The molecule has 3 unspecified atom stereocenters. The molecule has 4 heterocycles. The van der Waals surface area contributed by atoms with Gasteiger partial charge >= 0.3 is 0 Å². The second kappa shape index (κ2) is 5.42. The maximum Gasteiger partial charge on any atom is 0.240 e. The molecule has 0 amide bonds. The first kappa shape index (κ1) is 12.7. The summed E-state index contributed by atoms with van der Waals surface area (Å²) in [6.07, 6.45) is 5.36. The molecule has 20 heavy (non-hydrogen) atoms. The fraction of sp³-hybridized carbons (Fsp3) is 0.857. The molecule has 3 aliphatic heterocycles. The Bertz CT molecular complexity index is 456. The van der Waals surface area contributed by atoms with Crippen molar-refractivity contribution in [3.63, 3.8) is 0 Å². The van der Waals surface area contributed by atoms with Gasteiger partial charge in [0.2, 0.25) is 5.89 Å². The second-order valence-electron chi connectivity index (χ2n) is 6.14. The zero-order valence-electron chi connectivity index (χ0n) is 11.8. The van der Waals surface area contributed by atoms with Crippen LogP contribution < -0.4 is 5.32 Å². The minimum atomic E-state index is 0.327. The summed E-state index contributed by atoms with van der Waals surface area (Å²) in [5, 5.41) is 7.60. The highest BCUT2D eigenvalue weighted by Crippen LogP contribution is 2.43. The summed E-state index contributed by atoms with van der Waals surface area (Å²) in [6, 6.07) is 0. The summed E-state index contributed by atoms with van der Waals surface area (Å²) >= 11 is 0. The molecule has 0 saturated carbocycles. The van der Waals surface area contributed by atoms with Gasteiger partial charge in [-0.1, -0.05) is 5.16 Å². The van der Waals surface area contributed by atoms with Gasteiger partial charge < -0.3 is 14.6 Å². The first-order chi connectivity index (χ1) is 9.88. The molecule has 0 aromatic carbocycles. The normalized spacial score (nSPS) is 34.5. The maximum absolute atomic E-state index is 5.87. The number of nitrogens with one attached hydrogen (secondary N) is 1. The smallest absolute Gasteiger partial charge is 0.240 e. The van der Waals surface area contributed by atoms with Crippen molar-refractivity contribution in [1.29, 1.82) is 0 Å². The van der Waals surface area contributed by atoms with E-state index in [0.29, 0.717) is 18.1 Å². The standard InChI is InChI=1S/C14H22N4O2/c1-4-15-5-7-18(6-1)9-13-16-14(17-20-13)11-8-10-2-3-12(11)19-10/h10-12,15H,1-9H2. The molecule has 110 valence electrons. The Morgan fingerprint density at radius 3 is 3.10 bits per heavy atom. The third-order valence-corrected chi connectivity index (χ3v) is 4.71. The molecular formula is C14H22N4O2. The Hall–Kier alpha value is -0.980. The minimum Gasteiger partial charge on any atom is -0.374 e. The van der Waals surface area contributed by atoms with Gasteiger partial charge in [-0.3, -0.25) is 4.90 Å². The molecule has 0 radical (unpaired) electrons. The fourth-order valence-corrected chi connectivity index (χ4v) is 3.64. The molecule has 0 aliphatic carbocycles. The van der Waals surface area contributed by atoms with Crippen LogP contribution in [0.5, 0.6) is 0 Å². The Balaban J connectivity index is 1.40. The van der Waals surface area contributed by atoms with Crippen LogP contribution in [-0.4, -0.2) is 53.4 Å². The first-order valence-corrected chi connectivity index (χ1v) is 7.79. The predicted molar refractivity (Wildman–Crippen MR) is 72.3 cm³/mol. The Morgan fingerprint density at radius 1 is 1.25 bits per heavy atom. The number of ether oxygens (including phenoxy) is 1. The predicted octanol–water partition coefficient (Wildman–Crippen LogP) is 0.900. The largest absolute Gasteiger partial charge is 0.374 e. The van der Waals surface area contributed by atoms with E-state index in [2.05, 4.69) is 20.4 Å². The molecule has 4 rings (SSSR count). The summed E-state index contributed by atoms with van der Waals surface area (Å²) in [5.74, 6) is 1.97. The lowest BCUT2D eigenvalue weighted by Crippen LogP contribution is -2.27. The number of hydrogen-bond donors (Lipinski definition) is 1. The van der Waals surface area contributed by atoms with Crippen molar-refractivity contribution in [1.82, 2.24) is 20.4 Å². The molecule has 6 nitrogen and oxygen atoms in total. The summed E-state index contributed by atoms with van der Waals surface area (Å²) in [4.78, 5) is 7.00. The van der Waals surface area contributed by atoms with Gasteiger partial charge in [-0.25, -0.2) is 0 Å². The number of aromatic nitrogens is 2. The summed E-state index contributed by atoms with van der Waals surface area (Å²) in [7, 11) is 0. The van der Waals surface area contributed by atoms with Gasteiger partial charge in [0.05, 0.1) is 24.7 Å². The maximum atomic E-state index is 5.87. The van der Waals surface area contributed by atoms with E-state index in [0.717, 1.165) is 57.3 Å². The van der Waals surface area contributed by atoms with Crippen molar-refractivity contribution in [2.75, 3.05) is 26.2 Å². The van der Waals surface area contributed by atoms with Gasteiger partial charge in [0, 0.05) is 13.1 Å². The molecule has 1 aromatic rings. The van der Waals surface area contributed by atoms with E-state index in [9.17, 15) is 0 Å². The van der Waals surface area contributed by atoms with Crippen LogP contribution in [0.3, 0.4) is 0 Å². The van der Waals surface area contributed by atoms with E-state index in [-0.39, 0.29) is 0 Å². The fourth-order valence-electron chi connectivity index (χ4n) is 3.64. The Morgan fingerprint density at radius 2 is 2.25 bits per heavy atom. The third-order valence-electron chi connectivity index (χ3n) is 4.71. The molecule has 1 aromatic heterocycles. The molecular weight excluding hydrogens is 256 g/mol. The molecule has 3 atom stereocenters. The van der Waals surface area contributed by atoms with E-state index in [1.807, 2.05) is 0 Å². The summed E-state index contributed by atoms with van der Waals surface area (Å²) in [5.41, 5.74) is 0. The lowest BCUT2D eigenvalue weighted by atomic mass is 9.89.